The van der Waals surface area contributed by atoms with Crippen LogP contribution in [-0.4, -0.2) is 5.78 Å². The maximum absolute atomic E-state index is 12.1. The summed E-state index contributed by atoms with van der Waals surface area (Å²) in [6.07, 6.45) is 0. The first kappa shape index (κ1) is 10.5. The van der Waals surface area contributed by atoms with E-state index in [-0.39, 0.29) is 16.3 Å². The molecule has 0 unspecified atom stereocenters. The van der Waals surface area contributed by atoms with E-state index in [1.807, 2.05) is 36.4 Å². The molecule has 2 heteroatoms. The van der Waals surface area contributed by atoms with Crippen LogP contribution in [0.3, 0.4) is 0 Å². The van der Waals surface area contributed by atoms with Crippen LogP contribution in [0.25, 0.3) is 6.05 Å². The molecule has 0 heterocycles. The normalized spacial score (nSPS) is 12.6. The van der Waals surface area contributed by atoms with Crippen molar-refractivity contribution >= 4 is 27.8 Å². The van der Waals surface area contributed by atoms with Crippen molar-refractivity contribution in [2.75, 3.05) is 0 Å². The van der Waals surface area contributed by atoms with Gasteiger partial charge in [0.2, 0.25) is 0 Å². The van der Waals surface area contributed by atoms with Gasteiger partial charge in [-0.15, -0.1) is 0 Å². The molecule has 0 spiro atoms. The summed E-state index contributed by atoms with van der Waals surface area (Å²) >= 11 is 3.22. The van der Waals surface area contributed by atoms with Gasteiger partial charge in [-0.2, -0.15) is 0 Å². The number of carbonyl (C=O) groups excluding carboxylic acids is 1. The molecule has 1 nitrogen and oxygen atoms in total. The van der Waals surface area contributed by atoms with Gasteiger partial charge in [0.15, 0.2) is 5.78 Å². The summed E-state index contributed by atoms with van der Waals surface area (Å²) in [5.41, 5.74) is 1.29. The highest BCUT2D eigenvalue weighted by atomic mass is 79.9. The quantitative estimate of drug-likeness (QED) is 0.607. The Kier molecular flexibility index (Phi) is 3.45. The van der Waals surface area contributed by atoms with Crippen molar-refractivity contribution in [3.05, 3.63) is 76.3 Å². The van der Waals surface area contributed by atoms with E-state index < -0.39 is 0 Å². The zero-order valence-electron chi connectivity index (χ0n) is 10.1. The lowest BCUT2D eigenvalue weighted by Gasteiger charge is -1.99. The molecule has 0 atom stereocenters. The highest BCUT2D eigenvalue weighted by Crippen LogP contribution is 2.17. The van der Waals surface area contributed by atoms with Crippen LogP contribution in [0, 0.1) is 0 Å². The summed E-state index contributed by atoms with van der Waals surface area (Å²) in [4.78, 5) is 12.1. The lowest BCUT2D eigenvalue weighted by atomic mass is 10.1. The molecule has 84 valence electrons. The number of Topliss-reactive ketones (excluding diaryl/α,β-unsaturated/α-hetero) is 1. The van der Waals surface area contributed by atoms with Crippen LogP contribution in [0.1, 0.15) is 17.3 Å². The maximum atomic E-state index is 12.1. The lowest BCUT2D eigenvalue weighted by molar-refractivity contribution is 0.104. The van der Waals surface area contributed by atoms with Crippen molar-refractivity contribution in [2.24, 2.45) is 0 Å². The van der Waals surface area contributed by atoms with Crippen molar-refractivity contribution in [3.8, 4) is 0 Å². The number of benzene rings is 2. The Morgan fingerprint density at radius 1 is 1.00 bits per heavy atom. The molecule has 0 radical (unpaired) electrons. The zero-order chi connectivity index (χ0) is 13.0. The molecule has 2 rings (SSSR count). The smallest absolute Gasteiger partial charge is 0.199 e. The fourth-order valence-electron chi connectivity index (χ4n) is 1.42. The van der Waals surface area contributed by atoms with E-state index in [0.29, 0.717) is 11.1 Å². The summed E-state index contributed by atoms with van der Waals surface area (Å²) in [5.74, 6) is -0.176. The van der Waals surface area contributed by atoms with Crippen LogP contribution >= 0.6 is 15.9 Å². The van der Waals surface area contributed by atoms with Gasteiger partial charge in [-0.05, 0) is 27.5 Å². The van der Waals surface area contributed by atoms with Crippen LogP contribution in [0.2, 0.25) is 0 Å². The Labute approximate surface area is 110 Å². The Hall–Kier alpha value is -1.67. The molecule has 0 N–H and O–H groups in total. The Bertz CT molecular complexity index is 576. The van der Waals surface area contributed by atoms with Gasteiger partial charge in [-0.1, -0.05) is 60.7 Å². The molecule has 17 heavy (non-hydrogen) atoms. The minimum absolute atomic E-state index is 0.176. The van der Waals surface area contributed by atoms with E-state index >= 15 is 0 Å². The van der Waals surface area contributed by atoms with Gasteiger partial charge in [0.05, 0.1) is 5.85 Å². The maximum Gasteiger partial charge on any atom is 0.199 e. The monoisotopic (exact) mass is 287 g/mol. The highest BCUT2D eigenvalue weighted by molar-refractivity contribution is 9.12. The van der Waals surface area contributed by atoms with Gasteiger partial charge >= 0.3 is 0 Å². The van der Waals surface area contributed by atoms with Gasteiger partial charge in [0.25, 0.3) is 0 Å². The molecular weight excluding hydrogens is 276 g/mol. The zero-order valence-corrected chi connectivity index (χ0v) is 10.6. The van der Waals surface area contributed by atoms with Crippen LogP contribution in [-0.2, 0) is 0 Å². The fraction of sp³-hybridized carbons (Fsp3) is 0. The summed E-state index contributed by atoms with van der Waals surface area (Å²) < 4.78 is 8.29. The molecular formula is C15H11BrO. The van der Waals surface area contributed by atoms with Crippen LogP contribution in [0.4, 0.5) is 0 Å². The molecule has 0 aliphatic carbocycles. The van der Waals surface area contributed by atoms with E-state index in [4.69, 9.17) is 1.37 Å². The number of ketones is 1. The number of halogens is 1. The molecule has 0 bridgehead atoms. The first-order valence-corrected chi connectivity index (χ1v) is 6.01. The molecule has 0 aromatic heterocycles. The number of allylic oxidation sites excluding steroid dienone is 1. The van der Waals surface area contributed by atoms with Crippen molar-refractivity contribution in [1.29, 1.82) is 0 Å². The minimum atomic E-state index is -0.176. The van der Waals surface area contributed by atoms with E-state index in [1.54, 1.807) is 24.3 Å². The Morgan fingerprint density at radius 2 is 1.53 bits per heavy atom. The van der Waals surface area contributed by atoms with Gasteiger partial charge in [-0.3, -0.25) is 4.79 Å². The van der Waals surface area contributed by atoms with Crippen molar-refractivity contribution < 1.29 is 6.17 Å². The van der Waals surface area contributed by atoms with Gasteiger partial charge in [0.1, 0.15) is 0 Å². The largest absolute Gasteiger partial charge is 0.288 e. The second-order valence-corrected chi connectivity index (χ2v) is 4.29. The average Bonchev–Trinajstić information content (AvgIpc) is 2.47. The van der Waals surface area contributed by atoms with Crippen molar-refractivity contribution in [1.82, 2.24) is 0 Å². The molecule has 0 saturated carbocycles. The topological polar surface area (TPSA) is 17.1 Å². The molecule has 0 aliphatic rings. The number of carbonyl (C=O) groups is 1. The second-order valence-electron chi connectivity index (χ2n) is 3.50. The predicted molar refractivity (Wildman–Crippen MR) is 74.1 cm³/mol. The molecule has 0 aliphatic heterocycles. The molecule has 0 amide bonds. The summed E-state index contributed by atoms with van der Waals surface area (Å²) in [6, 6.07) is 18.3. The molecule has 0 saturated heterocycles. The summed E-state index contributed by atoms with van der Waals surface area (Å²) in [6.45, 7) is 0. The third-order valence-electron chi connectivity index (χ3n) is 2.26. The summed E-state index contributed by atoms with van der Waals surface area (Å²) in [7, 11) is 0. The van der Waals surface area contributed by atoms with Crippen molar-refractivity contribution in [2.45, 2.75) is 0 Å². The second kappa shape index (κ2) is 5.60. The third-order valence-corrected chi connectivity index (χ3v) is 2.82. The van der Waals surface area contributed by atoms with Gasteiger partial charge in [-0.25, -0.2) is 0 Å². The van der Waals surface area contributed by atoms with E-state index in [1.165, 1.54) is 0 Å². The first-order valence-electron chi connectivity index (χ1n) is 5.71. The van der Waals surface area contributed by atoms with Gasteiger partial charge < -0.3 is 0 Å². The van der Waals surface area contributed by atoms with Crippen LogP contribution in [0.15, 0.2) is 65.1 Å². The average molecular weight is 288 g/mol. The van der Waals surface area contributed by atoms with Gasteiger partial charge in [0, 0.05) is 5.56 Å². The van der Waals surface area contributed by atoms with E-state index in [0.717, 1.165) is 0 Å². The summed E-state index contributed by atoms with van der Waals surface area (Å²) in [5, 5.41) is 0. The highest BCUT2D eigenvalue weighted by Gasteiger charge is 2.08. The number of hydrogen-bond acceptors (Lipinski definition) is 1. The van der Waals surface area contributed by atoms with E-state index in [2.05, 4.69) is 15.9 Å². The Balaban J connectivity index is 2.37. The number of hydrogen-bond donors (Lipinski definition) is 0. The SMILES string of the molecule is [2H]/C(=C(\Br)C(=O)c1ccccc1)c1ccccc1. The van der Waals surface area contributed by atoms with Crippen molar-refractivity contribution in [3.63, 3.8) is 0 Å². The first-order chi connectivity index (χ1) is 8.70. The van der Waals surface area contributed by atoms with E-state index in [9.17, 15) is 4.79 Å². The minimum Gasteiger partial charge on any atom is -0.288 e. The fourth-order valence-corrected chi connectivity index (χ4v) is 1.88. The third kappa shape index (κ3) is 3.14. The molecule has 0 fully saturated rings. The number of rotatable bonds is 3. The standard InChI is InChI=1S/C15H11BrO/c16-14(11-12-7-3-1-4-8-12)15(17)13-9-5-2-6-10-13/h1-11H/b14-11+/i11D. The molecule has 2 aromatic rings. The van der Waals surface area contributed by atoms with Crippen LogP contribution < -0.4 is 0 Å². The Morgan fingerprint density at radius 3 is 2.12 bits per heavy atom. The predicted octanol–water partition coefficient (Wildman–Crippen LogP) is 4.31. The van der Waals surface area contributed by atoms with Crippen LogP contribution in [0.5, 0.6) is 0 Å². The lowest BCUT2D eigenvalue weighted by Crippen LogP contribution is -1.97. The molecule has 2 aromatic carbocycles.